The van der Waals surface area contributed by atoms with E-state index in [0.29, 0.717) is 2.88 Å². The molecule has 3 nitrogen and oxygen atoms in total. The standard InChI is InChI=1S/C4HClINO2S/c5-2-1(4(8)9)3(6)10-7-2/h(H,8,9). The fourth-order valence-electron chi connectivity index (χ4n) is 0.425. The molecule has 1 heterocycles. The number of hydrogen-bond acceptors (Lipinski definition) is 3. The van der Waals surface area contributed by atoms with Crippen LogP contribution in [0, 0.1) is 2.88 Å². The Morgan fingerprint density at radius 2 is 2.40 bits per heavy atom. The van der Waals surface area contributed by atoms with E-state index in [4.69, 9.17) is 16.7 Å². The Balaban J connectivity index is 3.23. The number of carboxylic acids is 1. The molecule has 0 fully saturated rings. The highest BCUT2D eigenvalue weighted by Gasteiger charge is 2.16. The zero-order valence-corrected chi connectivity index (χ0v) is 8.20. The largest absolute Gasteiger partial charge is 0.478 e. The van der Waals surface area contributed by atoms with Crippen molar-refractivity contribution in [2.45, 2.75) is 0 Å². The zero-order valence-electron chi connectivity index (χ0n) is 4.47. The number of aromatic carboxylic acids is 1. The van der Waals surface area contributed by atoms with Crippen molar-refractivity contribution in [2.75, 3.05) is 0 Å². The second-order valence-electron chi connectivity index (χ2n) is 1.43. The predicted octanol–water partition coefficient (Wildman–Crippen LogP) is 2.10. The molecule has 0 radical (unpaired) electrons. The van der Waals surface area contributed by atoms with E-state index in [1.54, 1.807) is 0 Å². The van der Waals surface area contributed by atoms with E-state index in [2.05, 4.69) is 4.37 Å². The van der Waals surface area contributed by atoms with Crippen LogP contribution in [0.4, 0.5) is 0 Å². The molecule has 0 atom stereocenters. The Morgan fingerprint density at radius 3 is 2.60 bits per heavy atom. The normalized spacial score (nSPS) is 9.80. The lowest BCUT2D eigenvalue weighted by molar-refractivity contribution is 0.0696. The van der Waals surface area contributed by atoms with Gasteiger partial charge in [0.05, 0.1) is 0 Å². The molecule has 54 valence electrons. The van der Waals surface area contributed by atoms with Crippen molar-refractivity contribution >= 4 is 51.7 Å². The van der Waals surface area contributed by atoms with Gasteiger partial charge in [-0.3, -0.25) is 0 Å². The number of carboxylic acid groups (broad SMARTS) is 1. The van der Waals surface area contributed by atoms with E-state index < -0.39 is 5.97 Å². The SMILES string of the molecule is O=C(O)c1c(Cl)nsc1I. The minimum absolute atomic E-state index is 0.0712. The minimum atomic E-state index is -1.02. The van der Waals surface area contributed by atoms with Gasteiger partial charge in [-0.1, -0.05) is 11.6 Å². The molecule has 10 heavy (non-hydrogen) atoms. The van der Waals surface area contributed by atoms with Crippen LogP contribution >= 0.6 is 45.7 Å². The van der Waals surface area contributed by atoms with Crippen LogP contribution in [0.3, 0.4) is 0 Å². The van der Waals surface area contributed by atoms with E-state index in [-0.39, 0.29) is 10.7 Å². The van der Waals surface area contributed by atoms with E-state index in [0.717, 1.165) is 11.5 Å². The topological polar surface area (TPSA) is 50.2 Å². The summed E-state index contributed by atoms with van der Waals surface area (Å²) in [7, 11) is 0. The van der Waals surface area contributed by atoms with Gasteiger partial charge in [-0.15, -0.1) is 0 Å². The molecule has 0 bridgehead atoms. The molecule has 1 N–H and O–H groups in total. The molecule has 6 heteroatoms. The average molecular weight is 289 g/mol. The third-order valence-electron chi connectivity index (χ3n) is 0.823. The molecule has 1 aromatic rings. The van der Waals surface area contributed by atoms with E-state index in [9.17, 15) is 4.79 Å². The van der Waals surface area contributed by atoms with Gasteiger partial charge < -0.3 is 5.11 Å². The highest BCUT2D eigenvalue weighted by Crippen LogP contribution is 2.24. The van der Waals surface area contributed by atoms with Crippen LogP contribution in [0.25, 0.3) is 0 Å². The number of carbonyl (C=O) groups is 1. The molecule has 0 unspecified atom stereocenters. The highest BCUT2D eigenvalue weighted by molar-refractivity contribution is 14.1. The summed E-state index contributed by atoms with van der Waals surface area (Å²) in [6.45, 7) is 0. The van der Waals surface area contributed by atoms with Gasteiger partial charge in [-0.05, 0) is 34.1 Å². The van der Waals surface area contributed by atoms with Gasteiger partial charge in [-0.25, -0.2) is 4.79 Å². The monoisotopic (exact) mass is 289 g/mol. The molecule has 0 aliphatic carbocycles. The number of halogens is 2. The summed E-state index contributed by atoms with van der Waals surface area (Å²) in [5.41, 5.74) is 0.104. The van der Waals surface area contributed by atoms with Gasteiger partial charge in [0.25, 0.3) is 0 Å². The lowest BCUT2D eigenvalue weighted by atomic mass is 10.4. The molecule has 1 aromatic heterocycles. The van der Waals surface area contributed by atoms with Gasteiger partial charge in [0, 0.05) is 0 Å². The molecule has 0 aliphatic heterocycles. The van der Waals surface area contributed by atoms with Crippen LogP contribution in [-0.2, 0) is 0 Å². The fraction of sp³-hybridized carbons (Fsp3) is 0. The Morgan fingerprint density at radius 1 is 1.80 bits per heavy atom. The molecule has 0 aromatic carbocycles. The van der Waals surface area contributed by atoms with Crippen molar-refractivity contribution in [2.24, 2.45) is 0 Å². The first-order chi connectivity index (χ1) is 4.63. The van der Waals surface area contributed by atoms with Gasteiger partial charge in [0.15, 0.2) is 5.15 Å². The second-order valence-corrected chi connectivity index (χ2v) is 4.37. The Hall–Kier alpha value is 0.120. The van der Waals surface area contributed by atoms with Gasteiger partial charge in [0.1, 0.15) is 8.45 Å². The van der Waals surface area contributed by atoms with Crippen molar-refractivity contribution in [3.8, 4) is 0 Å². The summed E-state index contributed by atoms with van der Waals surface area (Å²) < 4.78 is 4.26. The Bertz CT molecular complexity index is 255. The summed E-state index contributed by atoms with van der Waals surface area (Å²) in [5, 5.41) is 8.58. The van der Waals surface area contributed by atoms with E-state index >= 15 is 0 Å². The van der Waals surface area contributed by atoms with Crippen molar-refractivity contribution in [3.63, 3.8) is 0 Å². The third kappa shape index (κ3) is 1.40. The molecule has 0 spiro atoms. The summed E-state index contributed by atoms with van der Waals surface area (Å²) in [6, 6.07) is 0. The van der Waals surface area contributed by atoms with Crippen LogP contribution in [0.2, 0.25) is 5.15 Å². The maximum absolute atomic E-state index is 10.4. The summed E-state index contributed by atoms with van der Waals surface area (Å²) >= 11 is 8.42. The average Bonchev–Trinajstić information content (AvgIpc) is 2.11. The molecule has 0 aliphatic rings. The number of nitrogens with zero attached hydrogens (tertiary/aromatic N) is 1. The smallest absolute Gasteiger partial charge is 0.340 e. The quantitative estimate of drug-likeness (QED) is 0.806. The lowest BCUT2D eigenvalue weighted by Gasteiger charge is -1.86. The van der Waals surface area contributed by atoms with Crippen LogP contribution in [-0.4, -0.2) is 15.4 Å². The first-order valence-electron chi connectivity index (χ1n) is 2.17. The molecular formula is C4HClINO2S. The first kappa shape index (κ1) is 8.22. The Labute approximate surface area is 79.3 Å². The zero-order chi connectivity index (χ0) is 7.72. The first-order valence-corrected chi connectivity index (χ1v) is 4.40. The van der Waals surface area contributed by atoms with Gasteiger partial charge in [0.2, 0.25) is 0 Å². The maximum Gasteiger partial charge on any atom is 0.340 e. The third-order valence-corrected chi connectivity index (χ3v) is 2.96. The van der Waals surface area contributed by atoms with Crippen molar-refractivity contribution in [3.05, 3.63) is 13.6 Å². The molecule has 0 saturated carbocycles. The van der Waals surface area contributed by atoms with Crippen molar-refractivity contribution < 1.29 is 9.90 Å². The number of aromatic nitrogens is 1. The minimum Gasteiger partial charge on any atom is -0.478 e. The van der Waals surface area contributed by atoms with E-state index in [1.807, 2.05) is 22.6 Å². The molecular weight excluding hydrogens is 288 g/mol. The maximum atomic E-state index is 10.4. The summed E-state index contributed by atoms with van der Waals surface area (Å²) in [5.74, 6) is -1.02. The fourth-order valence-corrected chi connectivity index (χ4v) is 2.23. The summed E-state index contributed by atoms with van der Waals surface area (Å²) in [4.78, 5) is 10.4. The van der Waals surface area contributed by atoms with Gasteiger partial charge in [-0.2, -0.15) is 4.37 Å². The Kier molecular flexibility index (Phi) is 2.48. The molecule has 0 saturated heterocycles. The summed E-state index contributed by atoms with van der Waals surface area (Å²) in [6.07, 6.45) is 0. The second kappa shape index (κ2) is 3.02. The number of rotatable bonds is 1. The molecule has 1 rings (SSSR count). The van der Waals surface area contributed by atoms with E-state index in [1.165, 1.54) is 0 Å². The van der Waals surface area contributed by atoms with Crippen LogP contribution in [0.15, 0.2) is 0 Å². The number of hydrogen-bond donors (Lipinski definition) is 1. The van der Waals surface area contributed by atoms with Gasteiger partial charge >= 0.3 is 5.97 Å². The lowest BCUT2D eigenvalue weighted by Crippen LogP contribution is -1.96. The van der Waals surface area contributed by atoms with Crippen LogP contribution in [0.1, 0.15) is 10.4 Å². The predicted molar refractivity (Wildman–Crippen MR) is 46.8 cm³/mol. The molecule has 0 amide bonds. The van der Waals surface area contributed by atoms with Crippen molar-refractivity contribution in [1.82, 2.24) is 4.37 Å². The van der Waals surface area contributed by atoms with Crippen LogP contribution in [0.5, 0.6) is 0 Å². The van der Waals surface area contributed by atoms with Crippen molar-refractivity contribution in [1.29, 1.82) is 0 Å². The van der Waals surface area contributed by atoms with Crippen LogP contribution < -0.4 is 0 Å². The highest BCUT2D eigenvalue weighted by atomic mass is 127.